The van der Waals surface area contributed by atoms with Crippen LogP contribution in [0.5, 0.6) is 5.75 Å². The van der Waals surface area contributed by atoms with Gasteiger partial charge in [0.05, 0.1) is 18.4 Å². The zero-order valence-electron chi connectivity index (χ0n) is 18.0. The van der Waals surface area contributed by atoms with Gasteiger partial charge in [-0.25, -0.2) is 0 Å². The van der Waals surface area contributed by atoms with E-state index in [4.69, 9.17) is 28.6 Å². The van der Waals surface area contributed by atoms with Crippen LogP contribution in [0.3, 0.4) is 0 Å². The van der Waals surface area contributed by atoms with E-state index in [0.29, 0.717) is 33.4 Å². The van der Waals surface area contributed by atoms with Gasteiger partial charge in [0.25, 0.3) is 0 Å². The second-order valence-electron chi connectivity index (χ2n) is 9.11. The lowest BCUT2D eigenvalue weighted by Gasteiger charge is -2.34. The highest BCUT2D eigenvalue weighted by Crippen LogP contribution is 2.38. The number of hydrogen-bond donors (Lipinski definition) is 2. The van der Waals surface area contributed by atoms with Crippen molar-refractivity contribution in [3.8, 4) is 5.75 Å². The minimum Gasteiger partial charge on any atom is -0.495 e. The Morgan fingerprint density at radius 1 is 1.13 bits per heavy atom. The Morgan fingerprint density at radius 2 is 1.81 bits per heavy atom. The monoisotopic (exact) mass is 454 g/mol. The van der Waals surface area contributed by atoms with Gasteiger partial charge in [0.1, 0.15) is 10.7 Å². The van der Waals surface area contributed by atoms with Crippen molar-refractivity contribution in [2.45, 2.75) is 45.6 Å². The van der Waals surface area contributed by atoms with Crippen LogP contribution in [0.1, 0.15) is 37.8 Å². The molecule has 0 radical (unpaired) electrons. The van der Waals surface area contributed by atoms with E-state index in [-0.39, 0.29) is 17.2 Å². The zero-order chi connectivity index (χ0) is 22.2. The summed E-state index contributed by atoms with van der Waals surface area (Å²) in [6, 6.07) is 14.1. The van der Waals surface area contributed by atoms with Crippen LogP contribution in [0.4, 0.5) is 5.69 Å². The Morgan fingerprint density at radius 3 is 2.45 bits per heavy atom. The average Bonchev–Trinajstić information content (AvgIpc) is 3.09. The van der Waals surface area contributed by atoms with Crippen molar-refractivity contribution in [2.75, 3.05) is 12.4 Å². The summed E-state index contributed by atoms with van der Waals surface area (Å²) in [5.74, 6) is 0.685. The minimum absolute atomic E-state index is 0.0627. The molecule has 4 nitrogen and oxygen atoms in total. The van der Waals surface area contributed by atoms with E-state index in [2.05, 4.69) is 48.7 Å². The summed E-state index contributed by atoms with van der Waals surface area (Å²) < 4.78 is 5.42. The summed E-state index contributed by atoms with van der Waals surface area (Å²) in [7, 11) is 1.59. The molecule has 162 valence electrons. The van der Waals surface area contributed by atoms with E-state index in [1.54, 1.807) is 25.3 Å². The second kappa shape index (κ2) is 8.64. The highest BCUT2D eigenvalue weighted by atomic mass is 35.5. The largest absolute Gasteiger partial charge is 0.495 e. The molecule has 0 aliphatic heterocycles. The number of allylic oxidation sites excluding steroid dienone is 1. The number of Topliss-reactive ketones (excluding diaryl/α,β-unsaturated/α-hetero) is 1. The number of carbonyl (C=O) groups excluding carboxylic acids is 1. The van der Waals surface area contributed by atoms with Crippen molar-refractivity contribution in [1.29, 1.82) is 0 Å². The van der Waals surface area contributed by atoms with Crippen LogP contribution in [-0.2, 0) is 17.6 Å². The molecule has 6 heteroatoms. The van der Waals surface area contributed by atoms with Gasteiger partial charge >= 0.3 is 0 Å². The number of benzene rings is 2. The van der Waals surface area contributed by atoms with Crippen LogP contribution in [0.2, 0.25) is 5.02 Å². The molecule has 2 N–H and O–H groups in total. The number of nitrogens with one attached hydrogen (secondary N) is 2. The second-order valence-corrected chi connectivity index (χ2v) is 9.96. The molecule has 0 heterocycles. The quantitative estimate of drug-likeness (QED) is 0.585. The Kier molecular flexibility index (Phi) is 6.09. The number of halogens is 1. The number of carbonyl (C=O) groups is 1. The molecular weight excluding hydrogens is 428 g/mol. The number of ether oxygens (including phenoxy) is 1. The van der Waals surface area contributed by atoms with Gasteiger partial charge in [-0.2, -0.15) is 0 Å². The molecule has 2 aliphatic rings. The number of hydrogen-bond acceptors (Lipinski definition) is 4. The lowest BCUT2D eigenvalue weighted by Crippen LogP contribution is -2.39. The molecule has 0 unspecified atom stereocenters. The summed E-state index contributed by atoms with van der Waals surface area (Å²) in [6.07, 6.45) is 3.14. The van der Waals surface area contributed by atoms with Crippen molar-refractivity contribution in [2.24, 2.45) is 5.41 Å². The number of rotatable bonds is 5. The number of anilines is 1. The predicted octanol–water partition coefficient (Wildman–Crippen LogP) is 5.49. The lowest BCUT2D eigenvalue weighted by molar-refractivity contribution is -0.117. The molecule has 0 bridgehead atoms. The van der Waals surface area contributed by atoms with Gasteiger partial charge in [-0.15, -0.1) is 0 Å². The number of methoxy groups -OCH3 is 1. The summed E-state index contributed by atoms with van der Waals surface area (Å²) in [6.45, 7) is 4.26. The van der Waals surface area contributed by atoms with Crippen LogP contribution >= 0.6 is 23.8 Å². The lowest BCUT2D eigenvalue weighted by atomic mass is 9.75. The first-order chi connectivity index (χ1) is 14.8. The van der Waals surface area contributed by atoms with Gasteiger partial charge in [-0.3, -0.25) is 4.79 Å². The van der Waals surface area contributed by atoms with E-state index < -0.39 is 0 Å². The molecular formula is C25H27ClN2O2S. The van der Waals surface area contributed by atoms with Gasteiger partial charge in [0.2, 0.25) is 0 Å². The first kappa shape index (κ1) is 21.8. The van der Waals surface area contributed by atoms with Gasteiger partial charge in [0, 0.05) is 23.2 Å². The van der Waals surface area contributed by atoms with Crippen LogP contribution in [0.15, 0.2) is 53.7 Å². The summed E-state index contributed by atoms with van der Waals surface area (Å²) in [5.41, 5.74) is 4.78. The van der Waals surface area contributed by atoms with Crippen molar-refractivity contribution in [3.05, 3.63) is 69.9 Å². The summed E-state index contributed by atoms with van der Waals surface area (Å²) in [4.78, 5) is 13.6. The molecule has 0 saturated heterocycles. The highest BCUT2D eigenvalue weighted by Gasteiger charge is 2.36. The third-order valence-corrected chi connectivity index (χ3v) is 6.48. The van der Waals surface area contributed by atoms with Gasteiger partial charge in [0.15, 0.2) is 5.78 Å². The van der Waals surface area contributed by atoms with Crippen molar-refractivity contribution < 1.29 is 9.53 Å². The number of fused-ring (bicyclic) bond motifs is 1. The Bertz CT molecular complexity index is 1050. The highest BCUT2D eigenvalue weighted by molar-refractivity contribution is 7.81. The molecule has 0 atom stereocenters. The molecule has 0 saturated carbocycles. The first-order valence-electron chi connectivity index (χ1n) is 10.5. The van der Waals surface area contributed by atoms with Gasteiger partial charge in [-0.1, -0.05) is 61.9 Å². The summed E-state index contributed by atoms with van der Waals surface area (Å²) in [5, 5.41) is 7.45. The normalized spacial score (nSPS) is 18.0. The number of thiocarbonyl (C=S) groups is 1. The maximum absolute atomic E-state index is 13.2. The van der Waals surface area contributed by atoms with E-state index in [1.807, 2.05) is 0 Å². The van der Waals surface area contributed by atoms with E-state index >= 15 is 0 Å². The fraction of sp³-hybridized carbons (Fsp3) is 0.360. The maximum atomic E-state index is 13.2. The van der Waals surface area contributed by atoms with E-state index in [9.17, 15) is 4.79 Å². The summed E-state index contributed by atoms with van der Waals surface area (Å²) >= 11 is 11.9. The molecule has 0 fully saturated rings. The molecule has 0 spiro atoms. The van der Waals surface area contributed by atoms with Gasteiger partial charge in [-0.05, 0) is 54.0 Å². The van der Waals surface area contributed by atoms with E-state index in [1.165, 1.54) is 11.1 Å². The third kappa shape index (κ3) is 4.78. The maximum Gasteiger partial charge on any atom is 0.168 e. The molecule has 2 aromatic carbocycles. The van der Waals surface area contributed by atoms with Crippen molar-refractivity contribution in [1.82, 2.24) is 5.32 Å². The molecule has 0 amide bonds. The molecule has 4 rings (SSSR count). The predicted molar refractivity (Wildman–Crippen MR) is 130 cm³/mol. The van der Waals surface area contributed by atoms with Crippen LogP contribution < -0.4 is 15.4 Å². The van der Waals surface area contributed by atoms with Crippen LogP contribution in [0.25, 0.3) is 0 Å². The third-order valence-electron chi connectivity index (χ3n) is 5.94. The molecule has 2 aromatic rings. The number of ketones is 1. The zero-order valence-corrected chi connectivity index (χ0v) is 19.6. The Labute approximate surface area is 194 Å². The SMILES string of the molecule is COc1ccc(Cl)cc1NC(=S)C1=C(NC2Cc3ccccc3C2)CC(C)(C)CC1=O. The Hall–Kier alpha value is -2.37. The molecule has 2 aliphatic carbocycles. The Balaban J connectivity index is 1.63. The minimum atomic E-state index is -0.113. The van der Waals surface area contributed by atoms with Crippen LogP contribution in [0, 0.1) is 5.41 Å². The first-order valence-corrected chi connectivity index (χ1v) is 11.3. The van der Waals surface area contributed by atoms with E-state index in [0.717, 1.165) is 25.0 Å². The molecule has 31 heavy (non-hydrogen) atoms. The van der Waals surface area contributed by atoms with Gasteiger partial charge < -0.3 is 15.4 Å². The fourth-order valence-corrected chi connectivity index (χ4v) is 5.10. The molecule has 0 aromatic heterocycles. The van der Waals surface area contributed by atoms with Crippen molar-refractivity contribution >= 4 is 40.3 Å². The fourth-order valence-electron chi connectivity index (χ4n) is 4.58. The van der Waals surface area contributed by atoms with Crippen molar-refractivity contribution in [3.63, 3.8) is 0 Å². The topological polar surface area (TPSA) is 50.4 Å². The smallest absolute Gasteiger partial charge is 0.168 e. The van der Waals surface area contributed by atoms with Crippen LogP contribution in [-0.4, -0.2) is 23.9 Å². The average molecular weight is 455 g/mol. The standard InChI is InChI=1S/C25H27ClN2O2S/c1-25(2)13-20(27-18-10-15-6-4-5-7-16(15)11-18)23(21(29)14-25)24(31)28-19-12-17(26)8-9-22(19)30-3/h4-9,12,18,27H,10-11,13-14H2,1-3H3,(H,28,31).